The zero-order valence-electron chi connectivity index (χ0n) is 18.9. The van der Waals surface area contributed by atoms with Gasteiger partial charge in [0, 0.05) is 11.3 Å². The number of nitrogen functional groups attached to an aromatic ring is 1. The number of hydrogen-bond acceptors (Lipinski definition) is 10. The van der Waals surface area contributed by atoms with Crippen molar-refractivity contribution in [2.24, 2.45) is 5.16 Å². The van der Waals surface area contributed by atoms with Crippen LogP contribution in [0.2, 0.25) is 4.34 Å². The van der Waals surface area contributed by atoms with Gasteiger partial charge in [-0.05, 0) is 12.1 Å². The lowest BCUT2D eigenvalue weighted by Gasteiger charge is -2.50. The minimum absolute atomic E-state index is 0.00917. The molecule has 0 radical (unpaired) electrons. The molecule has 0 saturated carbocycles. The maximum absolute atomic E-state index is 14.4. The first-order valence-corrected chi connectivity index (χ1v) is 12.8. The molecule has 2 aliphatic heterocycles. The highest BCUT2D eigenvalue weighted by molar-refractivity contribution is 8.00. The van der Waals surface area contributed by atoms with Gasteiger partial charge in [0.25, 0.3) is 11.8 Å². The molecule has 5 rings (SSSR count). The van der Waals surface area contributed by atoms with E-state index in [1.165, 1.54) is 24.9 Å². The number of β-lactam (4-membered cyclic amide) rings is 1. The van der Waals surface area contributed by atoms with Crippen molar-refractivity contribution in [2.45, 2.75) is 18.0 Å². The highest BCUT2D eigenvalue weighted by Crippen LogP contribution is 2.40. The number of fused-ring (bicyclic) bond motifs is 2. The molecule has 0 spiro atoms. The van der Waals surface area contributed by atoms with E-state index < -0.39 is 35.0 Å². The predicted octanol–water partition coefficient (Wildman–Crippen LogP) is -0.487. The number of nitrogens with one attached hydrogen (secondary N) is 1. The number of carboxylic acid groups (broad SMARTS) is 1. The second kappa shape index (κ2) is 9.64. The zero-order valence-corrected chi connectivity index (χ0v) is 21.3. The van der Waals surface area contributed by atoms with Gasteiger partial charge in [0.15, 0.2) is 10.8 Å². The van der Waals surface area contributed by atoms with Crippen LogP contribution in [0.25, 0.3) is 5.65 Å². The molecule has 0 bridgehead atoms. The number of nitrogens with two attached hydrogens (primary N) is 1. The van der Waals surface area contributed by atoms with Crippen LogP contribution in [-0.4, -0.2) is 62.1 Å². The summed E-state index contributed by atoms with van der Waals surface area (Å²) >= 11 is 8.28. The van der Waals surface area contributed by atoms with Crippen LogP contribution in [0.3, 0.4) is 0 Å². The first-order valence-electron chi connectivity index (χ1n) is 10.6. The molecule has 2 amide bonds. The molecule has 0 aromatic carbocycles. The molecule has 1 saturated heterocycles. The summed E-state index contributed by atoms with van der Waals surface area (Å²) in [6.07, 6.45) is 4.91. The number of aromatic nitrogens is 3. The van der Waals surface area contributed by atoms with Crippen LogP contribution in [0.4, 0.5) is 9.52 Å². The summed E-state index contributed by atoms with van der Waals surface area (Å²) in [7, 11) is 1.22. The summed E-state index contributed by atoms with van der Waals surface area (Å²) in [5, 5.41) is 17.7. The third-order valence-corrected chi connectivity index (χ3v) is 8.16. The molecule has 37 heavy (non-hydrogen) atoms. The topological polar surface area (TPSA) is 158 Å². The maximum atomic E-state index is 14.4. The summed E-state index contributed by atoms with van der Waals surface area (Å²) in [5.74, 6) is -3.28. The number of carbonyl (C=O) groups is 3. The Bertz CT molecular complexity index is 1520. The first kappa shape index (κ1) is 25.0. The number of anilines is 1. The van der Waals surface area contributed by atoms with E-state index in [4.69, 9.17) is 22.2 Å². The van der Waals surface area contributed by atoms with E-state index in [9.17, 15) is 23.9 Å². The number of hydrogen-bond donors (Lipinski definition) is 2. The number of halogens is 2. The number of rotatable bonds is 7. The highest BCUT2D eigenvalue weighted by Gasteiger charge is 2.53. The molecule has 16 heteroatoms. The standard InChI is InChI=1S/C21H17ClFN7O5S2/c1-35-27-12(11-15(22)37-21(24)26-11)16(31)25-13-18(32)30-14(20(33)34)9(8-36-19(13)30)7-29-6-5-28-4-2-3-10(23)17(28)29/h2-6,13,19H,7-8H2,1H3,(H3-,24,25,26,31,33,34)/b27-12-/t13-,19+/m1/s1. The van der Waals surface area contributed by atoms with E-state index in [-0.39, 0.29) is 44.5 Å². The molecule has 2 atom stereocenters. The minimum Gasteiger partial charge on any atom is -0.543 e. The van der Waals surface area contributed by atoms with E-state index in [1.807, 2.05) is 0 Å². The lowest BCUT2D eigenvalue weighted by atomic mass is 10.0. The number of thioether (sulfide) groups is 1. The number of oxime groups is 1. The molecule has 0 aliphatic carbocycles. The Morgan fingerprint density at radius 1 is 1.46 bits per heavy atom. The predicted molar refractivity (Wildman–Crippen MR) is 130 cm³/mol. The average molecular weight is 566 g/mol. The molecule has 0 unspecified atom stereocenters. The molecular weight excluding hydrogens is 549 g/mol. The number of carbonyl (C=O) groups excluding carboxylic acids is 3. The molecule has 12 nitrogen and oxygen atoms in total. The lowest BCUT2D eigenvalue weighted by Crippen LogP contribution is -2.71. The molecule has 5 heterocycles. The Balaban J connectivity index is 1.39. The summed E-state index contributed by atoms with van der Waals surface area (Å²) in [6, 6.07) is 1.80. The molecule has 2 aliphatic rings. The second-order valence-electron chi connectivity index (χ2n) is 7.91. The van der Waals surface area contributed by atoms with E-state index >= 15 is 0 Å². The molecule has 192 valence electrons. The smallest absolute Gasteiger partial charge is 0.323 e. The van der Waals surface area contributed by atoms with Crippen molar-refractivity contribution in [3.8, 4) is 0 Å². The fraction of sp³-hybridized carbons (Fsp3) is 0.238. The normalized spacial score (nSPS) is 19.6. The van der Waals surface area contributed by atoms with E-state index in [2.05, 4.69) is 15.5 Å². The number of carboxylic acids is 1. The lowest BCUT2D eigenvalue weighted by molar-refractivity contribution is -0.663. The molecular formula is C21H17ClFN7O5S2. The Hall–Kier alpha value is -3.69. The number of thiazole rings is 1. The van der Waals surface area contributed by atoms with Gasteiger partial charge in [0.05, 0.1) is 17.9 Å². The van der Waals surface area contributed by atoms with Gasteiger partial charge in [-0.2, -0.15) is 4.39 Å². The Labute approximate surface area is 221 Å². The second-order valence-corrected chi connectivity index (χ2v) is 10.6. The van der Waals surface area contributed by atoms with Crippen LogP contribution in [0.5, 0.6) is 0 Å². The largest absolute Gasteiger partial charge is 0.543 e. The number of imidazole rings is 1. The average Bonchev–Trinajstić information content (AvgIpc) is 3.42. The molecule has 3 aromatic rings. The SMILES string of the molecule is CO/N=C(\C(=O)N[C@@H]1C(=O)N2C(C(=O)[O-])=C(C[n+]3ccn4cccc(F)c43)CS[C@@H]12)c1nc(N)sc1Cl. The van der Waals surface area contributed by atoms with E-state index in [0.717, 1.165) is 16.2 Å². The monoisotopic (exact) mass is 565 g/mol. The quantitative estimate of drug-likeness (QED) is 0.168. The van der Waals surface area contributed by atoms with Crippen molar-refractivity contribution in [2.75, 3.05) is 18.6 Å². The zero-order chi connectivity index (χ0) is 26.4. The number of amides is 2. The maximum Gasteiger partial charge on any atom is 0.323 e. The Morgan fingerprint density at radius 3 is 2.92 bits per heavy atom. The third-order valence-electron chi connectivity index (χ3n) is 5.74. The molecule has 3 aromatic heterocycles. The van der Waals surface area contributed by atoms with Crippen molar-refractivity contribution in [3.05, 3.63) is 57.8 Å². The van der Waals surface area contributed by atoms with E-state index in [1.54, 1.807) is 33.6 Å². The number of aliphatic carboxylic acids is 1. The number of pyridine rings is 1. The van der Waals surface area contributed by atoms with Crippen molar-refractivity contribution in [1.29, 1.82) is 0 Å². The fourth-order valence-corrected chi connectivity index (χ4v) is 6.46. The number of nitrogens with zero attached hydrogens (tertiary/aromatic N) is 5. The third kappa shape index (κ3) is 4.28. The van der Waals surface area contributed by atoms with Gasteiger partial charge in [-0.3, -0.25) is 14.5 Å². The van der Waals surface area contributed by atoms with Crippen LogP contribution in [0.1, 0.15) is 5.69 Å². The van der Waals surface area contributed by atoms with Gasteiger partial charge < -0.3 is 25.8 Å². The van der Waals surface area contributed by atoms with Gasteiger partial charge in [0.1, 0.15) is 47.5 Å². The highest BCUT2D eigenvalue weighted by atomic mass is 35.5. The van der Waals surface area contributed by atoms with E-state index in [0.29, 0.717) is 5.57 Å². The van der Waals surface area contributed by atoms with Crippen molar-refractivity contribution in [3.63, 3.8) is 0 Å². The van der Waals surface area contributed by atoms with Gasteiger partial charge in [-0.1, -0.05) is 28.1 Å². The van der Waals surface area contributed by atoms with Gasteiger partial charge >= 0.3 is 5.65 Å². The van der Waals surface area contributed by atoms with Gasteiger partial charge in [-0.25, -0.2) is 14.0 Å². The van der Waals surface area contributed by atoms with Crippen LogP contribution in [0.15, 0.2) is 47.1 Å². The van der Waals surface area contributed by atoms with Gasteiger partial charge in [-0.15, -0.1) is 11.8 Å². The van der Waals surface area contributed by atoms with Crippen LogP contribution in [0, 0.1) is 5.82 Å². The minimum atomic E-state index is -1.55. The first-order chi connectivity index (χ1) is 17.7. The summed E-state index contributed by atoms with van der Waals surface area (Å²) in [6.45, 7) is 0.0235. The summed E-state index contributed by atoms with van der Waals surface area (Å²) in [4.78, 5) is 47.8. The summed E-state index contributed by atoms with van der Waals surface area (Å²) in [5.41, 5.74) is 5.66. The van der Waals surface area contributed by atoms with Crippen molar-refractivity contribution in [1.82, 2.24) is 19.6 Å². The van der Waals surface area contributed by atoms with Crippen molar-refractivity contribution < 1.29 is 33.3 Å². The molecule has 1 fully saturated rings. The Kier molecular flexibility index (Phi) is 6.51. The molecule has 3 N–H and O–H groups in total. The van der Waals surface area contributed by atoms with Gasteiger partial charge in [0.2, 0.25) is 5.82 Å². The fourth-order valence-electron chi connectivity index (χ4n) is 4.20. The van der Waals surface area contributed by atoms with Crippen LogP contribution in [-0.2, 0) is 25.8 Å². The van der Waals surface area contributed by atoms with Crippen molar-refractivity contribution >= 4 is 69.0 Å². The summed E-state index contributed by atoms with van der Waals surface area (Å²) < 4.78 is 17.6. The Morgan fingerprint density at radius 2 is 2.24 bits per heavy atom. The van der Waals surface area contributed by atoms with Crippen LogP contribution < -0.4 is 20.7 Å². The van der Waals surface area contributed by atoms with Crippen LogP contribution >= 0.6 is 34.7 Å².